The van der Waals surface area contributed by atoms with Gasteiger partial charge in [-0.25, -0.2) is 0 Å². The second kappa shape index (κ2) is 11.7. The number of piperidine rings is 1. The van der Waals surface area contributed by atoms with Crippen LogP contribution in [-0.4, -0.2) is 57.9 Å². The molecule has 0 unspecified atom stereocenters. The topological polar surface area (TPSA) is 96.7 Å². The minimum absolute atomic E-state index is 0.0534. The average molecular weight is 573 g/mol. The molecule has 0 bridgehead atoms. The van der Waals surface area contributed by atoms with Gasteiger partial charge in [-0.15, -0.1) is 11.3 Å². The molecule has 2 aliphatic rings. The first kappa shape index (κ1) is 27.5. The van der Waals surface area contributed by atoms with Crippen molar-refractivity contribution in [1.29, 1.82) is 0 Å². The third-order valence-corrected chi connectivity index (χ3v) is 9.52. The fourth-order valence-electron chi connectivity index (χ4n) is 6.10. The predicted molar refractivity (Wildman–Crippen MR) is 162 cm³/mol. The number of likely N-dealkylation sites (tertiary alicyclic amines) is 1. The maximum atomic E-state index is 13.9. The van der Waals surface area contributed by atoms with Crippen LogP contribution in [0.2, 0.25) is 0 Å². The molecular weight excluding hydrogens is 536 g/mol. The van der Waals surface area contributed by atoms with E-state index in [0.29, 0.717) is 48.1 Å². The third-order valence-electron chi connectivity index (χ3n) is 8.34. The van der Waals surface area contributed by atoms with Gasteiger partial charge in [0.2, 0.25) is 0 Å². The third kappa shape index (κ3) is 5.48. The average Bonchev–Trinajstić information content (AvgIpc) is 3.56. The lowest BCUT2D eigenvalue weighted by molar-refractivity contribution is 0.0546. The first-order valence-corrected chi connectivity index (χ1v) is 15.3. The molecule has 1 saturated heterocycles. The Bertz CT molecular complexity index is 1560. The Hall–Kier alpha value is -3.69. The van der Waals surface area contributed by atoms with Gasteiger partial charge < -0.3 is 20.1 Å². The molecule has 1 aliphatic carbocycles. The molecule has 0 radical (unpaired) electrons. The largest absolute Gasteiger partial charge is 0.497 e. The van der Waals surface area contributed by atoms with E-state index in [2.05, 4.69) is 10.00 Å². The minimum atomic E-state index is -0.332. The molecule has 1 saturated carbocycles. The molecule has 9 heteroatoms. The van der Waals surface area contributed by atoms with E-state index in [0.717, 1.165) is 45.6 Å². The SMILES string of the molecule is COc1cccc(-c2c(C(=O)Nc3ccc(C(=O)N4CCC(O)CC4)cc3)sc3c2c(C)nn3C2CCCCC2)c1. The van der Waals surface area contributed by atoms with Gasteiger partial charge in [0.05, 0.1) is 24.9 Å². The molecule has 2 fully saturated rings. The molecular formula is C32H36N4O4S. The van der Waals surface area contributed by atoms with Crippen LogP contribution in [0.25, 0.3) is 21.3 Å². The number of amides is 2. The Morgan fingerprint density at radius 3 is 2.46 bits per heavy atom. The van der Waals surface area contributed by atoms with E-state index in [-0.39, 0.29) is 17.9 Å². The zero-order valence-electron chi connectivity index (χ0n) is 23.6. The van der Waals surface area contributed by atoms with Crippen molar-refractivity contribution < 1.29 is 19.4 Å². The van der Waals surface area contributed by atoms with Crippen LogP contribution < -0.4 is 10.1 Å². The van der Waals surface area contributed by atoms with Crippen molar-refractivity contribution in [3.8, 4) is 16.9 Å². The molecule has 6 rings (SSSR count). The summed E-state index contributed by atoms with van der Waals surface area (Å²) in [6.45, 7) is 3.13. The van der Waals surface area contributed by atoms with E-state index in [1.807, 2.05) is 31.2 Å². The van der Waals surface area contributed by atoms with Crippen LogP contribution in [-0.2, 0) is 0 Å². The van der Waals surface area contributed by atoms with Crippen LogP contribution in [0.3, 0.4) is 0 Å². The van der Waals surface area contributed by atoms with Crippen LogP contribution in [0.5, 0.6) is 5.75 Å². The summed E-state index contributed by atoms with van der Waals surface area (Å²) in [6.07, 6.45) is 6.74. The number of methoxy groups -OCH3 is 1. The number of hydrogen-bond acceptors (Lipinski definition) is 6. The monoisotopic (exact) mass is 572 g/mol. The molecule has 2 N–H and O–H groups in total. The molecule has 3 heterocycles. The number of fused-ring (bicyclic) bond motifs is 1. The smallest absolute Gasteiger partial charge is 0.266 e. The lowest BCUT2D eigenvalue weighted by Crippen LogP contribution is -2.40. The van der Waals surface area contributed by atoms with Crippen molar-refractivity contribution in [2.45, 2.75) is 64.0 Å². The maximum Gasteiger partial charge on any atom is 0.266 e. The Kier molecular flexibility index (Phi) is 7.81. The maximum absolute atomic E-state index is 13.9. The lowest BCUT2D eigenvalue weighted by atomic mass is 9.96. The zero-order chi connectivity index (χ0) is 28.5. The van der Waals surface area contributed by atoms with Crippen LogP contribution in [0.4, 0.5) is 5.69 Å². The van der Waals surface area contributed by atoms with E-state index in [1.165, 1.54) is 30.6 Å². The first-order chi connectivity index (χ1) is 19.9. The Morgan fingerprint density at radius 2 is 1.76 bits per heavy atom. The molecule has 0 spiro atoms. The number of aromatic nitrogens is 2. The normalized spacial score (nSPS) is 16.7. The van der Waals surface area contributed by atoms with Crippen LogP contribution in [0.1, 0.15) is 76.7 Å². The van der Waals surface area contributed by atoms with Crippen molar-refractivity contribution >= 4 is 39.1 Å². The van der Waals surface area contributed by atoms with Crippen molar-refractivity contribution in [3.63, 3.8) is 0 Å². The zero-order valence-corrected chi connectivity index (χ0v) is 24.4. The lowest BCUT2D eigenvalue weighted by Gasteiger charge is -2.29. The molecule has 0 atom stereocenters. The van der Waals surface area contributed by atoms with E-state index >= 15 is 0 Å². The highest BCUT2D eigenvalue weighted by atomic mass is 32.1. The fourth-order valence-corrected chi connectivity index (χ4v) is 7.39. The van der Waals surface area contributed by atoms with Gasteiger partial charge in [-0.1, -0.05) is 31.4 Å². The molecule has 1 aliphatic heterocycles. The summed E-state index contributed by atoms with van der Waals surface area (Å²) in [4.78, 5) is 30.2. The fraction of sp³-hybridized carbons (Fsp3) is 0.406. The minimum Gasteiger partial charge on any atom is -0.497 e. The van der Waals surface area contributed by atoms with E-state index < -0.39 is 0 Å². The second-order valence-electron chi connectivity index (χ2n) is 11.1. The number of carbonyl (C=O) groups is 2. The Labute approximate surface area is 243 Å². The summed E-state index contributed by atoms with van der Waals surface area (Å²) in [6, 6.07) is 15.2. The number of aryl methyl sites for hydroxylation is 1. The number of thiophene rings is 1. The van der Waals surface area contributed by atoms with Crippen molar-refractivity contribution in [1.82, 2.24) is 14.7 Å². The quantitative estimate of drug-likeness (QED) is 0.277. The van der Waals surface area contributed by atoms with Gasteiger partial charge in [0, 0.05) is 35.3 Å². The summed E-state index contributed by atoms with van der Waals surface area (Å²) in [5.74, 6) is 0.485. The number of benzene rings is 2. The number of hydrogen-bond donors (Lipinski definition) is 2. The van der Waals surface area contributed by atoms with Crippen LogP contribution >= 0.6 is 11.3 Å². The van der Waals surface area contributed by atoms with Crippen molar-refractivity contribution in [3.05, 3.63) is 64.7 Å². The molecule has 4 aromatic rings. The van der Waals surface area contributed by atoms with Gasteiger partial charge in [-0.3, -0.25) is 14.3 Å². The molecule has 41 heavy (non-hydrogen) atoms. The van der Waals surface area contributed by atoms with Gasteiger partial charge in [-0.2, -0.15) is 5.10 Å². The summed E-state index contributed by atoms with van der Waals surface area (Å²) in [5, 5.41) is 18.8. The van der Waals surface area contributed by atoms with Crippen molar-refractivity contribution in [2.75, 3.05) is 25.5 Å². The van der Waals surface area contributed by atoms with E-state index in [1.54, 1.807) is 36.3 Å². The molecule has 2 aromatic carbocycles. The van der Waals surface area contributed by atoms with Gasteiger partial charge in [0.1, 0.15) is 15.5 Å². The van der Waals surface area contributed by atoms with Crippen LogP contribution in [0, 0.1) is 6.92 Å². The summed E-state index contributed by atoms with van der Waals surface area (Å²) >= 11 is 1.49. The van der Waals surface area contributed by atoms with E-state index in [9.17, 15) is 14.7 Å². The number of anilines is 1. The highest BCUT2D eigenvalue weighted by Gasteiger charge is 2.28. The standard InChI is InChI=1S/C32H36N4O4S/c1-20-27-28(22-7-6-10-26(19-22)40-2)29(41-32(27)36(34-20)24-8-4-3-5-9-24)30(38)33-23-13-11-21(12-14-23)31(39)35-17-15-25(37)16-18-35/h6-7,10-14,19,24-25,37H,3-5,8-9,15-18H2,1-2H3,(H,33,38). The Morgan fingerprint density at radius 1 is 1.02 bits per heavy atom. The molecule has 2 aromatic heterocycles. The van der Waals surface area contributed by atoms with Crippen molar-refractivity contribution in [2.24, 2.45) is 0 Å². The Balaban J connectivity index is 1.32. The summed E-state index contributed by atoms with van der Waals surface area (Å²) in [7, 11) is 1.64. The number of carbonyl (C=O) groups excluding carboxylic acids is 2. The van der Waals surface area contributed by atoms with Gasteiger partial charge >= 0.3 is 0 Å². The highest BCUT2D eigenvalue weighted by molar-refractivity contribution is 7.21. The summed E-state index contributed by atoms with van der Waals surface area (Å²) in [5.41, 5.74) is 3.91. The van der Waals surface area contributed by atoms with Gasteiger partial charge in [0.15, 0.2) is 0 Å². The molecule has 2 amide bonds. The number of aliphatic hydroxyl groups is 1. The van der Waals surface area contributed by atoms with Gasteiger partial charge in [0.25, 0.3) is 11.8 Å². The first-order valence-electron chi connectivity index (χ1n) is 14.5. The molecule has 214 valence electrons. The predicted octanol–water partition coefficient (Wildman–Crippen LogP) is 6.44. The number of ether oxygens (including phenoxy) is 1. The number of aliphatic hydroxyl groups excluding tert-OH is 1. The number of nitrogens with one attached hydrogen (secondary N) is 1. The second-order valence-corrected chi connectivity index (χ2v) is 12.1. The highest BCUT2D eigenvalue weighted by Crippen LogP contribution is 2.44. The number of rotatable bonds is 6. The van der Waals surface area contributed by atoms with Crippen LogP contribution in [0.15, 0.2) is 48.5 Å². The number of nitrogens with zero attached hydrogens (tertiary/aromatic N) is 3. The summed E-state index contributed by atoms with van der Waals surface area (Å²) < 4.78 is 7.67. The molecule has 8 nitrogen and oxygen atoms in total. The van der Waals surface area contributed by atoms with Gasteiger partial charge in [-0.05, 0) is 74.6 Å². The van der Waals surface area contributed by atoms with E-state index in [4.69, 9.17) is 9.84 Å².